The summed E-state index contributed by atoms with van der Waals surface area (Å²) < 4.78 is 11.9. The number of morpholine rings is 1. The summed E-state index contributed by atoms with van der Waals surface area (Å²) >= 11 is 0. The summed E-state index contributed by atoms with van der Waals surface area (Å²) in [5.41, 5.74) is 2.87. The van der Waals surface area contributed by atoms with Gasteiger partial charge < -0.3 is 24.8 Å². The molecule has 0 atom stereocenters. The number of aromatic nitrogens is 3. The van der Waals surface area contributed by atoms with Crippen LogP contribution < -0.4 is 15.0 Å². The van der Waals surface area contributed by atoms with E-state index < -0.39 is 0 Å². The standard InChI is InChI=1S/C24H27N5O4/c30-18-5-6-25-21(15-18)24(31)28-16-1-3-19(4-2-16)33-22-14-17(29-9-11-32-12-10-29)13-20-23(22)27-8-7-26-20/h5-8,13-16,19H,1-4,9-12H2,(H,25,30)(H,28,31). The minimum Gasteiger partial charge on any atom is -0.508 e. The number of amides is 1. The zero-order valence-electron chi connectivity index (χ0n) is 18.3. The van der Waals surface area contributed by atoms with Gasteiger partial charge in [-0.25, -0.2) is 4.98 Å². The fourth-order valence-electron chi connectivity index (χ4n) is 4.43. The Balaban J connectivity index is 1.25. The fraction of sp³-hybridized carbons (Fsp3) is 0.417. The lowest BCUT2D eigenvalue weighted by atomic mass is 9.92. The number of carbonyl (C=O) groups is 1. The highest BCUT2D eigenvalue weighted by Crippen LogP contribution is 2.33. The van der Waals surface area contributed by atoms with E-state index in [9.17, 15) is 9.90 Å². The number of nitrogens with one attached hydrogen (secondary N) is 1. The molecule has 3 aromatic rings. The fourth-order valence-corrected chi connectivity index (χ4v) is 4.43. The number of benzene rings is 1. The Morgan fingerprint density at radius 1 is 1.03 bits per heavy atom. The highest BCUT2D eigenvalue weighted by Gasteiger charge is 2.25. The van der Waals surface area contributed by atoms with E-state index in [4.69, 9.17) is 9.47 Å². The Kier molecular flexibility index (Phi) is 6.21. The summed E-state index contributed by atoms with van der Waals surface area (Å²) in [6.45, 7) is 3.10. The van der Waals surface area contributed by atoms with E-state index >= 15 is 0 Å². The molecule has 0 unspecified atom stereocenters. The molecule has 2 N–H and O–H groups in total. The van der Waals surface area contributed by atoms with Crippen LogP contribution in [0.1, 0.15) is 36.2 Å². The molecule has 1 saturated heterocycles. The van der Waals surface area contributed by atoms with Gasteiger partial charge in [0.2, 0.25) is 0 Å². The van der Waals surface area contributed by atoms with Crippen LogP contribution >= 0.6 is 0 Å². The first-order chi connectivity index (χ1) is 16.2. The predicted octanol–water partition coefficient (Wildman–Crippen LogP) is 2.69. The molecule has 5 rings (SSSR count). The second-order valence-corrected chi connectivity index (χ2v) is 8.43. The molecule has 1 saturated carbocycles. The first-order valence-electron chi connectivity index (χ1n) is 11.4. The van der Waals surface area contributed by atoms with Gasteiger partial charge in [0.05, 0.1) is 24.8 Å². The SMILES string of the molecule is O=C(NC1CCC(Oc2cc(N3CCOCC3)cc3nccnc23)CC1)c1cc(O)ccn1. The van der Waals surface area contributed by atoms with Crippen LogP contribution in [-0.2, 0) is 4.74 Å². The summed E-state index contributed by atoms with van der Waals surface area (Å²) in [5.74, 6) is 0.509. The molecule has 9 nitrogen and oxygen atoms in total. The van der Waals surface area contributed by atoms with Gasteiger partial charge in [0, 0.05) is 55.5 Å². The lowest BCUT2D eigenvalue weighted by Crippen LogP contribution is -2.40. The molecule has 172 valence electrons. The van der Waals surface area contributed by atoms with Gasteiger partial charge in [-0.15, -0.1) is 0 Å². The van der Waals surface area contributed by atoms with Crippen molar-refractivity contribution in [2.24, 2.45) is 0 Å². The monoisotopic (exact) mass is 449 g/mol. The summed E-state index contributed by atoms with van der Waals surface area (Å²) in [4.78, 5) is 27.8. The van der Waals surface area contributed by atoms with Crippen molar-refractivity contribution in [1.82, 2.24) is 20.3 Å². The Labute approximate surface area is 191 Å². The number of anilines is 1. The van der Waals surface area contributed by atoms with Crippen LogP contribution in [0.3, 0.4) is 0 Å². The largest absolute Gasteiger partial charge is 0.508 e. The van der Waals surface area contributed by atoms with Crippen LogP contribution in [0.5, 0.6) is 11.5 Å². The van der Waals surface area contributed by atoms with Crippen LogP contribution in [0.2, 0.25) is 0 Å². The topological polar surface area (TPSA) is 110 Å². The Morgan fingerprint density at radius 2 is 1.82 bits per heavy atom. The first-order valence-corrected chi connectivity index (χ1v) is 11.4. The maximum atomic E-state index is 12.4. The van der Waals surface area contributed by atoms with Crippen molar-refractivity contribution in [3.8, 4) is 11.5 Å². The summed E-state index contributed by atoms with van der Waals surface area (Å²) in [5, 5.41) is 12.6. The molecule has 2 aromatic heterocycles. The average Bonchev–Trinajstić information content (AvgIpc) is 2.85. The Morgan fingerprint density at radius 3 is 2.61 bits per heavy atom. The van der Waals surface area contributed by atoms with Crippen LogP contribution in [0.15, 0.2) is 42.9 Å². The summed E-state index contributed by atoms with van der Waals surface area (Å²) in [7, 11) is 0. The van der Waals surface area contributed by atoms with Crippen LogP contribution in [0.25, 0.3) is 11.0 Å². The van der Waals surface area contributed by atoms with Crippen molar-refractivity contribution in [3.05, 3.63) is 48.5 Å². The van der Waals surface area contributed by atoms with E-state index in [1.165, 1.54) is 18.3 Å². The van der Waals surface area contributed by atoms with E-state index in [0.717, 1.165) is 61.2 Å². The first kappa shape index (κ1) is 21.4. The summed E-state index contributed by atoms with van der Waals surface area (Å²) in [6, 6.07) is 6.99. The smallest absolute Gasteiger partial charge is 0.270 e. The molecule has 2 fully saturated rings. The van der Waals surface area contributed by atoms with Crippen molar-refractivity contribution in [2.75, 3.05) is 31.2 Å². The van der Waals surface area contributed by atoms with Crippen molar-refractivity contribution >= 4 is 22.6 Å². The van der Waals surface area contributed by atoms with Crippen LogP contribution in [0, 0.1) is 0 Å². The van der Waals surface area contributed by atoms with Gasteiger partial charge in [-0.3, -0.25) is 14.8 Å². The number of hydrogen-bond donors (Lipinski definition) is 2. The summed E-state index contributed by atoms with van der Waals surface area (Å²) in [6.07, 6.45) is 8.11. The van der Waals surface area contributed by atoms with Gasteiger partial charge in [-0.05, 0) is 37.8 Å². The van der Waals surface area contributed by atoms with Crippen LogP contribution in [0.4, 0.5) is 5.69 Å². The molecule has 1 aliphatic carbocycles. The number of carbonyl (C=O) groups excluding carboxylic acids is 1. The molecule has 1 aromatic carbocycles. The Hall–Kier alpha value is -3.46. The molecule has 33 heavy (non-hydrogen) atoms. The van der Waals surface area contributed by atoms with Gasteiger partial charge in [-0.2, -0.15) is 0 Å². The lowest BCUT2D eigenvalue weighted by Gasteiger charge is -2.31. The van der Waals surface area contributed by atoms with Gasteiger partial charge in [0.25, 0.3) is 5.91 Å². The second-order valence-electron chi connectivity index (χ2n) is 8.43. The molecule has 0 bridgehead atoms. The normalized spacial score (nSPS) is 21.0. The van der Waals surface area contributed by atoms with E-state index in [1.54, 1.807) is 12.4 Å². The lowest BCUT2D eigenvalue weighted by molar-refractivity contribution is 0.0889. The van der Waals surface area contributed by atoms with E-state index in [2.05, 4.69) is 37.3 Å². The zero-order chi connectivity index (χ0) is 22.6. The molecular formula is C24H27N5O4. The molecular weight excluding hydrogens is 422 g/mol. The number of pyridine rings is 1. The number of fused-ring (bicyclic) bond motifs is 1. The molecule has 0 radical (unpaired) electrons. The molecule has 3 heterocycles. The van der Waals surface area contributed by atoms with Gasteiger partial charge in [-0.1, -0.05) is 0 Å². The zero-order valence-corrected chi connectivity index (χ0v) is 18.3. The molecule has 1 amide bonds. The van der Waals surface area contributed by atoms with Crippen LogP contribution in [-0.4, -0.2) is 64.4 Å². The number of hydrogen-bond acceptors (Lipinski definition) is 8. The Bertz CT molecular complexity index is 1130. The van der Waals surface area contributed by atoms with Gasteiger partial charge in [0.1, 0.15) is 22.7 Å². The quantitative estimate of drug-likeness (QED) is 0.612. The minimum absolute atomic E-state index is 0.0295. The third-order valence-corrected chi connectivity index (χ3v) is 6.18. The minimum atomic E-state index is -0.269. The maximum Gasteiger partial charge on any atom is 0.270 e. The maximum absolute atomic E-state index is 12.4. The van der Waals surface area contributed by atoms with E-state index in [1.807, 2.05) is 0 Å². The number of aromatic hydroxyl groups is 1. The van der Waals surface area contributed by atoms with Crippen molar-refractivity contribution in [2.45, 2.75) is 37.8 Å². The molecule has 9 heteroatoms. The van der Waals surface area contributed by atoms with Crippen molar-refractivity contribution in [1.29, 1.82) is 0 Å². The second kappa shape index (κ2) is 9.58. The predicted molar refractivity (Wildman–Crippen MR) is 123 cm³/mol. The number of rotatable bonds is 5. The highest BCUT2D eigenvalue weighted by molar-refractivity contribution is 5.92. The van der Waals surface area contributed by atoms with E-state index in [-0.39, 0.29) is 29.5 Å². The van der Waals surface area contributed by atoms with E-state index in [0.29, 0.717) is 13.2 Å². The average molecular weight is 450 g/mol. The number of nitrogens with zero attached hydrogens (tertiary/aromatic N) is 4. The van der Waals surface area contributed by atoms with Crippen molar-refractivity contribution in [3.63, 3.8) is 0 Å². The van der Waals surface area contributed by atoms with Gasteiger partial charge in [0.15, 0.2) is 0 Å². The third kappa shape index (κ3) is 4.98. The number of ether oxygens (including phenoxy) is 2. The highest BCUT2D eigenvalue weighted by atomic mass is 16.5. The molecule has 1 aliphatic heterocycles. The third-order valence-electron chi connectivity index (χ3n) is 6.18. The molecule has 0 spiro atoms. The van der Waals surface area contributed by atoms with Crippen molar-refractivity contribution < 1.29 is 19.4 Å². The van der Waals surface area contributed by atoms with Gasteiger partial charge >= 0.3 is 0 Å². The molecule has 2 aliphatic rings.